The molecule has 1 spiro atoms. The number of carbonyl (C=O) groups is 3. The van der Waals surface area contributed by atoms with Crippen molar-refractivity contribution in [1.82, 2.24) is 20.4 Å². The fourth-order valence-electron chi connectivity index (χ4n) is 5.13. The fraction of sp³-hybridized carbons (Fsp3) is 0.625. The number of urea groups is 1. The minimum atomic E-state index is -0.667. The van der Waals surface area contributed by atoms with Crippen LogP contribution in [0.15, 0.2) is 30.3 Å². The Hall–Kier alpha value is -2.61. The van der Waals surface area contributed by atoms with E-state index >= 15 is 0 Å². The highest BCUT2D eigenvalue weighted by Gasteiger charge is 2.52. The molecule has 3 fully saturated rings. The Morgan fingerprint density at radius 3 is 2.47 bits per heavy atom. The molecule has 8 nitrogen and oxygen atoms in total. The summed E-state index contributed by atoms with van der Waals surface area (Å²) in [5.41, 5.74) is 0.594. The SMILES string of the molecule is CC(CNC(=O)CCCN1C(=O)NC2(CCCC2)C1=O)N1CCN(c2ccccc2)CC1. The van der Waals surface area contributed by atoms with Crippen LogP contribution in [-0.4, -0.2) is 78.5 Å². The smallest absolute Gasteiger partial charge is 0.325 e. The van der Waals surface area contributed by atoms with Gasteiger partial charge in [0.25, 0.3) is 5.91 Å². The van der Waals surface area contributed by atoms with Gasteiger partial charge in [0.2, 0.25) is 5.91 Å². The van der Waals surface area contributed by atoms with Crippen molar-refractivity contribution in [3.8, 4) is 0 Å². The first kappa shape index (κ1) is 22.6. The number of amides is 4. The lowest BCUT2D eigenvalue weighted by atomic mass is 9.98. The molecule has 0 bridgehead atoms. The van der Waals surface area contributed by atoms with E-state index < -0.39 is 5.54 Å². The van der Waals surface area contributed by atoms with Crippen LogP contribution in [0.25, 0.3) is 0 Å². The van der Waals surface area contributed by atoms with E-state index in [1.54, 1.807) is 0 Å². The van der Waals surface area contributed by atoms with Gasteiger partial charge in [0.1, 0.15) is 5.54 Å². The molecule has 174 valence electrons. The monoisotopic (exact) mass is 441 g/mol. The van der Waals surface area contributed by atoms with Crippen LogP contribution in [0.1, 0.15) is 45.4 Å². The molecule has 4 rings (SSSR count). The maximum Gasteiger partial charge on any atom is 0.325 e. The Balaban J connectivity index is 1.13. The highest BCUT2D eigenvalue weighted by molar-refractivity contribution is 6.07. The van der Waals surface area contributed by atoms with Gasteiger partial charge < -0.3 is 15.5 Å². The largest absolute Gasteiger partial charge is 0.369 e. The minimum Gasteiger partial charge on any atom is -0.369 e. The van der Waals surface area contributed by atoms with Gasteiger partial charge in [-0.25, -0.2) is 4.79 Å². The number of carbonyl (C=O) groups excluding carboxylic acids is 3. The molecule has 1 unspecified atom stereocenters. The average molecular weight is 442 g/mol. The average Bonchev–Trinajstić information content (AvgIpc) is 3.38. The van der Waals surface area contributed by atoms with E-state index in [1.165, 1.54) is 10.6 Å². The summed E-state index contributed by atoms with van der Waals surface area (Å²) >= 11 is 0. The maximum absolute atomic E-state index is 12.7. The predicted molar refractivity (Wildman–Crippen MR) is 123 cm³/mol. The topological polar surface area (TPSA) is 85.0 Å². The Kier molecular flexibility index (Phi) is 6.98. The summed E-state index contributed by atoms with van der Waals surface area (Å²) in [5, 5.41) is 5.91. The summed E-state index contributed by atoms with van der Waals surface area (Å²) in [4.78, 5) is 43.3. The number of imide groups is 1. The van der Waals surface area contributed by atoms with Gasteiger partial charge in [-0.3, -0.25) is 19.4 Å². The van der Waals surface area contributed by atoms with Gasteiger partial charge in [-0.1, -0.05) is 31.0 Å². The number of para-hydroxylation sites is 1. The predicted octanol–water partition coefficient (Wildman–Crippen LogP) is 1.96. The number of nitrogens with one attached hydrogen (secondary N) is 2. The highest BCUT2D eigenvalue weighted by atomic mass is 16.2. The molecule has 1 aliphatic carbocycles. The van der Waals surface area contributed by atoms with Crippen molar-refractivity contribution in [2.24, 2.45) is 0 Å². The molecule has 2 heterocycles. The summed E-state index contributed by atoms with van der Waals surface area (Å²) < 4.78 is 0. The molecule has 1 aromatic carbocycles. The Morgan fingerprint density at radius 1 is 1.09 bits per heavy atom. The molecule has 3 aliphatic rings. The van der Waals surface area contributed by atoms with Crippen LogP contribution < -0.4 is 15.5 Å². The molecule has 2 saturated heterocycles. The molecule has 32 heavy (non-hydrogen) atoms. The van der Waals surface area contributed by atoms with Gasteiger partial charge >= 0.3 is 6.03 Å². The highest BCUT2D eigenvalue weighted by Crippen LogP contribution is 2.35. The zero-order valence-electron chi connectivity index (χ0n) is 19.0. The molecule has 0 radical (unpaired) electrons. The van der Waals surface area contributed by atoms with Crippen molar-refractivity contribution >= 4 is 23.5 Å². The maximum atomic E-state index is 12.7. The molecule has 1 aromatic rings. The first-order chi connectivity index (χ1) is 15.5. The standard InChI is InChI=1S/C24H35N5O3/c1-19(27-14-16-28(17-15-27)20-8-3-2-4-9-20)18-25-21(30)10-7-13-29-22(31)24(26-23(29)32)11-5-6-12-24/h2-4,8-9,19H,5-7,10-18H2,1H3,(H,25,30)(H,26,32). The number of hydrogen-bond donors (Lipinski definition) is 2. The Labute approximate surface area is 190 Å². The van der Waals surface area contributed by atoms with Crippen LogP contribution in [0.4, 0.5) is 10.5 Å². The lowest BCUT2D eigenvalue weighted by Gasteiger charge is -2.39. The van der Waals surface area contributed by atoms with Crippen LogP contribution in [0.5, 0.6) is 0 Å². The number of anilines is 1. The third kappa shape index (κ3) is 4.90. The number of hydrogen-bond acceptors (Lipinski definition) is 5. The number of benzene rings is 1. The van der Waals surface area contributed by atoms with Gasteiger partial charge in [-0.15, -0.1) is 0 Å². The third-order valence-corrected chi connectivity index (χ3v) is 7.14. The van der Waals surface area contributed by atoms with Gasteiger partial charge in [-0.2, -0.15) is 0 Å². The molecule has 4 amide bonds. The summed E-state index contributed by atoms with van der Waals surface area (Å²) in [7, 11) is 0. The number of piperazine rings is 1. The van der Waals surface area contributed by atoms with Crippen LogP contribution in [-0.2, 0) is 9.59 Å². The van der Waals surface area contributed by atoms with Crippen molar-refractivity contribution in [3.05, 3.63) is 30.3 Å². The van der Waals surface area contributed by atoms with Crippen LogP contribution in [0, 0.1) is 0 Å². The molecule has 2 N–H and O–H groups in total. The summed E-state index contributed by atoms with van der Waals surface area (Å²) in [6.45, 7) is 6.96. The molecular weight excluding hydrogens is 406 g/mol. The van der Waals surface area contributed by atoms with Crippen molar-refractivity contribution in [2.45, 2.75) is 57.0 Å². The second-order valence-corrected chi connectivity index (χ2v) is 9.29. The van der Waals surface area contributed by atoms with Crippen molar-refractivity contribution in [1.29, 1.82) is 0 Å². The van der Waals surface area contributed by atoms with E-state index in [-0.39, 0.29) is 23.9 Å². The molecule has 1 atom stereocenters. The van der Waals surface area contributed by atoms with E-state index in [2.05, 4.69) is 51.6 Å². The van der Waals surface area contributed by atoms with Gasteiger partial charge in [0, 0.05) is 57.4 Å². The first-order valence-corrected chi connectivity index (χ1v) is 11.9. The molecule has 1 saturated carbocycles. The van der Waals surface area contributed by atoms with Gasteiger partial charge in [-0.05, 0) is 38.3 Å². The van der Waals surface area contributed by atoms with Crippen molar-refractivity contribution in [3.63, 3.8) is 0 Å². The minimum absolute atomic E-state index is 0.0256. The van der Waals surface area contributed by atoms with E-state index in [0.29, 0.717) is 25.9 Å². The van der Waals surface area contributed by atoms with E-state index in [9.17, 15) is 14.4 Å². The van der Waals surface area contributed by atoms with E-state index in [4.69, 9.17) is 0 Å². The van der Waals surface area contributed by atoms with Gasteiger partial charge in [0.05, 0.1) is 0 Å². The van der Waals surface area contributed by atoms with Crippen LogP contribution in [0.2, 0.25) is 0 Å². The summed E-state index contributed by atoms with van der Waals surface area (Å²) in [6.07, 6.45) is 4.21. The molecule has 0 aromatic heterocycles. The quantitative estimate of drug-likeness (QED) is 0.603. The molecular formula is C24H35N5O3. The lowest BCUT2D eigenvalue weighted by molar-refractivity contribution is -0.131. The Morgan fingerprint density at radius 2 is 1.78 bits per heavy atom. The van der Waals surface area contributed by atoms with Crippen LogP contribution >= 0.6 is 0 Å². The second-order valence-electron chi connectivity index (χ2n) is 9.29. The fourth-order valence-corrected chi connectivity index (χ4v) is 5.13. The normalized spacial score (nSPS) is 21.8. The first-order valence-electron chi connectivity index (χ1n) is 11.9. The summed E-state index contributed by atoms with van der Waals surface area (Å²) in [6, 6.07) is 10.4. The lowest BCUT2D eigenvalue weighted by Crippen LogP contribution is -2.52. The molecule has 8 heteroatoms. The van der Waals surface area contributed by atoms with E-state index in [0.717, 1.165) is 51.9 Å². The molecule has 2 aliphatic heterocycles. The zero-order chi connectivity index (χ0) is 22.6. The Bertz CT molecular complexity index is 816. The number of rotatable bonds is 8. The van der Waals surface area contributed by atoms with Crippen LogP contribution in [0.3, 0.4) is 0 Å². The number of nitrogens with zero attached hydrogens (tertiary/aromatic N) is 3. The van der Waals surface area contributed by atoms with Crippen molar-refractivity contribution in [2.75, 3.05) is 44.2 Å². The van der Waals surface area contributed by atoms with Gasteiger partial charge in [0.15, 0.2) is 0 Å². The zero-order valence-corrected chi connectivity index (χ0v) is 19.0. The third-order valence-electron chi connectivity index (χ3n) is 7.14. The second kappa shape index (κ2) is 9.90. The van der Waals surface area contributed by atoms with E-state index in [1.807, 2.05) is 6.07 Å². The van der Waals surface area contributed by atoms with Crippen molar-refractivity contribution < 1.29 is 14.4 Å². The summed E-state index contributed by atoms with van der Waals surface area (Å²) in [5.74, 6) is -0.133.